The Hall–Kier alpha value is -1.46. The van der Waals surface area contributed by atoms with Crippen molar-refractivity contribution in [1.82, 2.24) is 5.32 Å². The Labute approximate surface area is 124 Å². The maximum atomic E-state index is 10.8. The monoisotopic (exact) mass is 300 g/mol. The first-order valence-electron chi connectivity index (χ1n) is 6.48. The van der Waals surface area contributed by atoms with E-state index in [4.69, 9.17) is 26.8 Å². The van der Waals surface area contributed by atoms with Crippen LogP contribution in [0, 0.1) is 0 Å². The Morgan fingerprint density at radius 1 is 1.50 bits per heavy atom. The third-order valence-corrected chi connectivity index (χ3v) is 3.20. The minimum absolute atomic E-state index is 0.236. The molecular formula is C14H21ClN2O3. The van der Waals surface area contributed by atoms with E-state index < -0.39 is 5.91 Å². The highest BCUT2D eigenvalue weighted by molar-refractivity contribution is 6.32. The summed E-state index contributed by atoms with van der Waals surface area (Å²) in [5.41, 5.74) is 6.04. The van der Waals surface area contributed by atoms with Crippen molar-refractivity contribution in [2.24, 2.45) is 5.73 Å². The van der Waals surface area contributed by atoms with Crippen LogP contribution >= 0.6 is 11.6 Å². The van der Waals surface area contributed by atoms with Gasteiger partial charge in [-0.15, -0.1) is 0 Å². The van der Waals surface area contributed by atoms with Crippen molar-refractivity contribution in [3.63, 3.8) is 0 Å². The first-order chi connectivity index (χ1) is 9.47. The largest absolute Gasteiger partial charge is 0.493 e. The van der Waals surface area contributed by atoms with Crippen LogP contribution in [0.4, 0.5) is 0 Å². The summed E-state index contributed by atoms with van der Waals surface area (Å²) in [5.74, 6) is 0.255. The summed E-state index contributed by atoms with van der Waals surface area (Å²) in [4.78, 5) is 10.8. The average Bonchev–Trinajstić information content (AvgIpc) is 2.42. The van der Waals surface area contributed by atoms with Gasteiger partial charge in [-0.25, -0.2) is 0 Å². The van der Waals surface area contributed by atoms with Crippen LogP contribution in [0.1, 0.15) is 25.8 Å². The lowest BCUT2D eigenvalue weighted by atomic mass is 10.1. The lowest BCUT2D eigenvalue weighted by Gasteiger charge is -2.15. The second-order valence-electron chi connectivity index (χ2n) is 4.55. The zero-order valence-electron chi connectivity index (χ0n) is 12.0. The van der Waals surface area contributed by atoms with Crippen LogP contribution in [0.3, 0.4) is 0 Å². The van der Waals surface area contributed by atoms with Crippen molar-refractivity contribution in [3.8, 4) is 11.5 Å². The number of methoxy groups -OCH3 is 1. The molecule has 1 rings (SSSR count). The van der Waals surface area contributed by atoms with Gasteiger partial charge in [0.05, 0.1) is 12.1 Å². The van der Waals surface area contributed by atoms with Gasteiger partial charge in [-0.05, 0) is 31.0 Å². The molecule has 1 amide bonds. The van der Waals surface area contributed by atoms with Crippen LogP contribution in [-0.2, 0) is 11.3 Å². The molecule has 0 radical (unpaired) electrons. The van der Waals surface area contributed by atoms with E-state index >= 15 is 0 Å². The molecule has 0 aliphatic carbocycles. The van der Waals surface area contributed by atoms with Gasteiger partial charge in [0, 0.05) is 12.6 Å². The van der Waals surface area contributed by atoms with Crippen LogP contribution in [0.25, 0.3) is 0 Å². The van der Waals surface area contributed by atoms with Crippen LogP contribution in [0.15, 0.2) is 12.1 Å². The molecule has 0 aliphatic heterocycles. The van der Waals surface area contributed by atoms with Gasteiger partial charge in [0.1, 0.15) is 0 Å². The molecule has 20 heavy (non-hydrogen) atoms. The minimum Gasteiger partial charge on any atom is -0.493 e. The summed E-state index contributed by atoms with van der Waals surface area (Å²) < 4.78 is 10.5. The van der Waals surface area contributed by atoms with E-state index in [9.17, 15) is 4.79 Å². The Kier molecular flexibility index (Phi) is 6.61. The topological polar surface area (TPSA) is 73.6 Å². The molecule has 0 heterocycles. The lowest BCUT2D eigenvalue weighted by Crippen LogP contribution is -2.24. The summed E-state index contributed by atoms with van der Waals surface area (Å²) >= 11 is 6.16. The van der Waals surface area contributed by atoms with Crippen molar-refractivity contribution in [2.75, 3.05) is 13.7 Å². The molecular weight excluding hydrogens is 280 g/mol. The van der Waals surface area contributed by atoms with E-state index in [1.165, 1.54) is 7.11 Å². The number of nitrogens with two attached hydrogens (primary N) is 1. The zero-order valence-corrected chi connectivity index (χ0v) is 12.8. The van der Waals surface area contributed by atoms with Crippen molar-refractivity contribution >= 4 is 17.5 Å². The Morgan fingerprint density at radius 3 is 2.75 bits per heavy atom. The highest BCUT2D eigenvalue weighted by Crippen LogP contribution is 2.36. The molecule has 1 aromatic carbocycles. The second kappa shape index (κ2) is 7.97. The molecule has 112 valence electrons. The first-order valence-corrected chi connectivity index (χ1v) is 6.86. The third kappa shape index (κ3) is 4.90. The molecule has 1 unspecified atom stereocenters. The third-order valence-electron chi connectivity index (χ3n) is 2.92. The molecule has 0 bridgehead atoms. The Morgan fingerprint density at radius 2 is 2.20 bits per heavy atom. The number of hydrogen-bond donors (Lipinski definition) is 2. The average molecular weight is 301 g/mol. The van der Waals surface area contributed by atoms with Gasteiger partial charge >= 0.3 is 0 Å². The van der Waals surface area contributed by atoms with Crippen molar-refractivity contribution in [1.29, 1.82) is 0 Å². The molecule has 0 aliphatic rings. The fourth-order valence-electron chi connectivity index (χ4n) is 1.60. The number of hydrogen-bond acceptors (Lipinski definition) is 4. The van der Waals surface area contributed by atoms with E-state index in [0.29, 0.717) is 29.1 Å². The molecule has 0 saturated heterocycles. The van der Waals surface area contributed by atoms with E-state index in [0.717, 1.165) is 12.0 Å². The highest BCUT2D eigenvalue weighted by atomic mass is 35.5. The van der Waals surface area contributed by atoms with Crippen LogP contribution in [-0.4, -0.2) is 25.7 Å². The fourth-order valence-corrected chi connectivity index (χ4v) is 1.88. The standard InChI is InChI=1S/C14H21ClN2O3/c1-4-9(2)17-7-10-5-11(15)14(12(6-10)19-3)20-8-13(16)18/h5-6,9,17H,4,7-8H2,1-3H3,(H2,16,18). The predicted molar refractivity (Wildman–Crippen MR) is 79.3 cm³/mol. The summed E-state index contributed by atoms with van der Waals surface area (Å²) in [6.07, 6.45) is 1.05. The van der Waals surface area contributed by atoms with E-state index in [-0.39, 0.29) is 6.61 Å². The van der Waals surface area contributed by atoms with Gasteiger partial charge in [-0.2, -0.15) is 0 Å². The highest BCUT2D eigenvalue weighted by Gasteiger charge is 2.13. The molecule has 0 saturated carbocycles. The molecule has 1 atom stereocenters. The van der Waals surface area contributed by atoms with Crippen molar-refractivity contribution < 1.29 is 14.3 Å². The van der Waals surface area contributed by atoms with Gasteiger partial charge < -0.3 is 20.5 Å². The van der Waals surface area contributed by atoms with Gasteiger partial charge in [-0.3, -0.25) is 4.79 Å². The number of amides is 1. The Balaban J connectivity index is 2.86. The minimum atomic E-state index is -0.564. The quantitative estimate of drug-likeness (QED) is 0.771. The first kappa shape index (κ1) is 16.6. The van der Waals surface area contributed by atoms with E-state index in [2.05, 4.69) is 19.2 Å². The molecule has 0 spiro atoms. The number of ether oxygens (including phenoxy) is 2. The number of rotatable bonds is 8. The molecule has 1 aromatic rings. The van der Waals surface area contributed by atoms with Crippen molar-refractivity contribution in [3.05, 3.63) is 22.7 Å². The zero-order chi connectivity index (χ0) is 15.1. The SMILES string of the molecule is CCC(C)NCc1cc(Cl)c(OCC(N)=O)c(OC)c1. The second-order valence-corrected chi connectivity index (χ2v) is 4.96. The predicted octanol–water partition coefficient (Wildman–Crippen LogP) is 2.10. The Bertz CT molecular complexity index is 466. The van der Waals surface area contributed by atoms with Crippen LogP contribution in [0.5, 0.6) is 11.5 Å². The number of nitrogens with one attached hydrogen (secondary N) is 1. The fraction of sp³-hybridized carbons (Fsp3) is 0.500. The molecule has 0 aromatic heterocycles. The number of benzene rings is 1. The smallest absolute Gasteiger partial charge is 0.255 e. The van der Waals surface area contributed by atoms with Crippen LogP contribution < -0.4 is 20.5 Å². The number of carbonyl (C=O) groups is 1. The summed E-state index contributed by atoms with van der Waals surface area (Å²) in [6.45, 7) is 4.68. The summed E-state index contributed by atoms with van der Waals surface area (Å²) in [6, 6.07) is 4.04. The maximum Gasteiger partial charge on any atom is 0.255 e. The molecule has 3 N–H and O–H groups in total. The van der Waals surface area contributed by atoms with Gasteiger partial charge in [0.25, 0.3) is 5.91 Å². The van der Waals surface area contributed by atoms with Gasteiger partial charge in [-0.1, -0.05) is 18.5 Å². The summed E-state index contributed by atoms with van der Waals surface area (Å²) in [5, 5.41) is 3.76. The normalized spacial score (nSPS) is 12.0. The maximum absolute atomic E-state index is 10.8. The van der Waals surface area contributed by atoms with Crippen molar-refractivity contribution in [2.45, 2.75) is 32.9 Å². The van der Waals surface area contributed by atoms with E-state index in [1.54, 1.807) is 6.07 Å². The molecule has 5 nitrogen and oxygen atoms in total. The number of primary amides is 1. The van der Waals surface area contributed by atoms with Crippen LogP contribution in [0.2, 0.25) is 5.02 Å². The van der Waals surface area contributed by atoms with Gasteiger partial charge in [0.15, 0.2) is 18.1 Å². The molecule has 0 fully saturated rings. The van der Waals surface area contributed by atoms with Gasteiger partial charge in [0.2, 0.25) is 0 Å². The van der Waals surface area contributed by atoms with E-state index in [1.807, 2.05) is 6.07 Å². The number of carbonyl (C=O) groups excluding carboxylic acids is 1. The molecule has 6 heteroatoms. The summed E-state index contributed by atoms with van der Waals surface area (Å²) in [7, 11) is 1.52. The number of halogens is 1. The lowest BCUT2D eigenvalue weighted by molar-refractivity contribution is -0.119.